The van der Waals surface area contributed by atoms with Crippen LogP contribution in [0, 0.1) is 6.92 Å². The molecule has 1 aliphatic rings. The molecule has 104 valence electrons. The van der Waals surface area contributed by atoms with E-state index in [1.165, 1.54) is 5.56 Å². The van der Waals surface area contributed by atoms with Crippen LogP contribution in [0.25, 0.3) is 0 Å². The normalized spacial score (nSPS) is 16.4. The fourth-order valence-electron chi connectivity index (χ4n) is 2.37. The Kier molecular flexibility index (Phi) is 4.80. The van der Waals surface area contributed by atoms with Crippen LogP contribution in [0.1, 0.15) is 12.5 Å². The molecule has 0 unspecified atom stereocenters. The zero-order valence-electron chi connectivity index (χ0n) is 11.9. The van der Waals surface area contributed by atoms with Crippen molar-refractivity contribution in [3.8, 4) is 0 Å². The first kappa shape index (κ1) is 13.9. The monoisotopic (exact) mass is 261 g/mol. The van der Waals surface area contributed by atoms with E-state index in [1.807, 2.05) is 36.1 Å². The zero-order valence-corrected chi connectivity index (χ0v) is 11.9. The first-order valence-corrected chi connectivity index (χ1v) is 7.00. The third kappa shape index (κ3) is 3.70. The van der Waals surface area contributed by atoms with Gasteiger partial charge in [0.1, 0.15) is 0 Å². The van der Waals surface area contributed by atoms with Gasteiger partial charge in [0.15, 0.2) is 0 Å². The lowest BCUT2D eigenvalue weighted by molar-refractivity contribution is -0.131. The lowest BCUT2D eigenvalue weighted by Crippen LogP contribution is -2.49. The van der Waals surface area contributed by atoms with E-state index in [2.05, 4.69) is 17.1 Å². The van der Waals surface area contributed by atoms with Crippen molar-refractivity contribution in [1.29, 1.82) is 0 Å². The van der Waals surface area contributed by atoms with Gasteiger partial charge in [-0.15, -0.1) is 0 Å². The van der Waals surface area contributed by atoms with Crippen LogP contribution < -0.4 is 5.32 Å². The van der Waals surface area contributed by atoms with E-state index in [9.17, 15) is 4.79 Å². The molecule has 1 N–H and O–H groups in total. The molecule has 2 rings (SSSR count). The van der Waals surface area contributed by atoms with Crippen molar-refractivity contribution in [1.82, 2.24) is 9.80 Å². The van der Waals surface area contributed by atoms with E-state index in [0.29, 0.717) is 6.54 Å². The highest BCUT2D eigenvalue weighted by molar-refractivity contribution is 5.81. The van der Waals surface area contributed by atoms with Crippen molar-refractivity contribution in [2.75, 3.05) is 44.6 Å². The highest BCUT2D eigenvalue weighted by Gasteiger charge is 2.19. The Morgan fingerprint density at radius 2 is 1.89 bits per heavy atom. The molecule has 1 amide bonds. The number of aryl methyl sites for hydroxylation is 1. The second-order valence-corrected chi connectivity index (χ2v) is 4.98. The second-order valence-electron chi connectivity index (χ2n) is 4.98. The number of hydrogen-bond donors (Lipinski definition) is 1. The molecule has 0 spiro atoms. The molecule has 1 aromatic rings. The zero-order chi connectivity index (χ0) is 13.7. The number of likely N-dealkylation sites (N-methyl/N-ethyl adjacent to an activating group) is 1. The molecule has 0 atom stereocenters. The molecule has 1 saturated heterocycles. The highest BCUT2D eigenvalue weighted by Crippen LogP contribution is 2.12. The van der Waals surface area contributed by atoms with E-state index >= 15 is 0 Å². The first-order valence-electron chi connectivity index (χ1n) is 7.00. The van der Waals surface area contributed by atoms with Crippen LogP contribution in [0.5, 0.6) is 0 Å². The molecule has 1 fully saturated rings. The molecule has 19 heavy (non-hydrogen) atoms. The van der Waals surface area contributed by atoms with Crippen LogP contribution in [0.3, 0.4) is 0 Å². The van der Waals surface area contributed by atoms with Crippen molar-refractivity contribution >= 4 is 11.6 Å². The number of rotatable bonds is 4. The van der Waals surface area contributed by atoms with Crippen LogP contribution in [0.15, 0.2) is 24.3 Å². The Hall–Kier alpha value is -1.55. The van der Waals surface area contributed by atoms with Crippen molar-refractivity contribution < 1.29 is 4.79 Å². The number of nitrogens with one attached hydrogen (secondary N) is 1. The summed E-state index contributed by atoms with van der Waals surface area (Å²) >= 11 is 0. The van der Waals surface area contributed by atoms with Gasteiger partial charge in [-0.2, -0.15) is 0 Å². The Morgan fingerprint density at radius 1 is 1.21 bits per heavy atom. The van der Waals surface area contributed by atoms with Gasteiger partial charge < -0.3 is 15.1 Å². The molecule has 1 heterocycles. The van der Waals surface area contributed by atoms with Gasteiger partial charge in [-0.05, 0) is 25.1 Å². The minimum Gasteiger partial charge on any atom is -0.376 e. The van der Waals surface area contributed by atoms with Gasteiger partial charge in [-0.3, -0.25) is 4.79 Å². The summed E-state index contributed by atoms with van der Waals surface area (Å²) in [5.74, 6) is 0.194. The largest absolute Gasteiger partial charge is 0.376 e. The number of nitrogens with zero attached hydrogens (tertiary/aromatic N) is 2. The topological polar surface area (TPSA) is 35.6 Å². The van der Waals surface area contributed by atoms with Gasteiger partial charge in [0.25, 0.3) is 0 Å². The molecular weight excluding hydrogens is 238 g/mol. The molecular formula is C15H23N3O. The van der Waals surface area contributed by atoms with E-state index < -0.39 is 0 Å². The van der Waals surface area contributed by atoms with E-state index in [1.54, 1.807) is 0 Å². The first-order chi connectivity index (χ1) is 9.20. The van der Waals surface area contributed by atoms with Gasteiger partial charge in [-0.25, -0.2) is 0 Å². The molecule has 0 saturated carbocycles. The van der Waals surface area contributed by atoms with Gasteiger partial charge in [-0.1, -0.05) is 25.1 Å². The Balaban J connectivity index is 1.81. The summed E-state index contributed by atoms with van der Waals surface area (Å²) in [5.41, 5.74) is 2.22. The number of carbonyl (C=O) groups excluding carboxylic acids is 1. The van der Waals surface area contributed by atoms with Gasteiger partial charge in [0.05, 0.1) is 6.54 Å². The summed E-state index contributed by atoms with van der Waals surface area (Å²) in [5, 5.41) is 3.23. The molecule has 1 aliphatic heterocycles. The maximum atomic E-state index is 12.1. The molecule has 0 bridgehead atoms. The maximum absolute atomic E-state index is 12.1. The SMILES string of the molecule is CCN1CCN(C(=O)CNc2ccccc2C)CC1. The van der Waals surface area contributed by atoms with E-state index in [-0.39, 0.29) is 5.91 Å². The highest BCUT2D eigenvalue weighted by atomic mass is 16.2. The molecule has 0 aliphatic carbocycles. The minimum atomic E-state index is 0.194. The number of carbonyl (C=O) groups is 1. The lowest BCUT2D eigenvalue weighted by atomic mass is 10.2. The van der Waals surface area contributed by atoms with Crippen LogP contribution in [-0.4, -0.2) is 55.0 Å². The van der Waals surface area contributed by atoms with Gasteiger partial charge in [0.2, 0.25) is 5.91 Å². The Bertz CT molecular complexity index is 425. The number of piperazine rings is 1. The average molecular weight is 261 g/mol. The van der Waals surface area contributed by atoms with Crippen LogP contribution in [0.4, 0.5) is 5.69 Å². The third-order valence-electron chi connectivity index (χ3n) is 3.75. The Labute approximate surface area is 115 Å². The van der Waals surface area contributed by atoms with Crippen molar-refractivity contribution in [3.63, 3.8) is 0 Å². The van der Waals surface area contributed by atoms with Crippen molar-refractivity contribution in [2.45, 2.75) is 13.8 Å². The minimum absolute atomic E-state index is 0.194. The van der Waals surface area contributed by atoms with Crippen molar-refractivity contribution in [3.05, 3.63) is 29.8 Å². The molecule has 4 heteroatoms. The summed E-state index contributed by atoms with van der Waals surface area (Å²) in [6.07, 6.45) is 0. The fraction of sp³-hybridized carbons (Fsp3) is 0.533. The summed E-state index contributed by atoms with van der Waals surface area (Å²) in [4.78, 5) is 16.5. The maximum Gasteiger partial charge on any atom is 0.241 e. The van der Waals surface area contributed by atoms with Gasteiger partial charge >= 0.3 is 0 Å². The fourth-order valence-corrected chi connectivity index (χ4v) is 2.37. The predicted molar refractivity (Wildman–Crippen MR) is 78.4 cm³/mol. The van der Waals surface area contributed by atoms with E-state index in [0.717, 1.165) is 38.4 Å². The number of anilines is 1. The number of hydrogen-bond acceptors (Lipinski definition) is 3. The summed E-state index contributed by atoms with van der Waals surface area (Å²) < 4.78 is 0. The number of amides is 1. The van der Waals surface area contributed by atoms with Crippen LogP contribution in [-0.2, 0) is 4.79 Å². The molecule has 4 nitrogen and oxygen atoms in total. The van der Waals surface area contributed by atoms with E-state index in [4.69, 9.17) is 0 Å². The second kappa shape index (κ2) is 6.57. The standard InChI is InChI=1S/C15H23N3O/c1-3-17-8-10-18(11-9-17)15(19)12-16-14-7-5-4-6-13(14)2/h4-7,16H,3,8-12H2,1-2H3. The van der Waals surface area contributed by atoms with Gasteiger partial charge in [0, 0.05) is 31.9 Å². The van der Waals surface area contributed by atoms with Crippen molar-refractivity contribution in [2.24, 2.45) is 0 Å². The smallest absolute Gasteiger partial charge is 0.241 e. The number of benzene rings is 1. The van der Waals surface area contributed by atoms with Crippen LogP contribution in [0.2, 0.25) is 0 Å². The summed E-state index contributed by atoms with van der Waals surface area (Å²) in [7, 11) is 0. The third-order valence-corrected chi connectivity index (χ3v) is 3.75. The Morgan fingerprint density at radius 3 is 2.53 bits per heavy atom. The lowest BCUT2D eigenvalue weighted by Gasteiger charge is -2.34. The summed E-state index contributed by atoms with van der Waals surface area (Å²) in [6, 6.07) is 8.05. The molecule has 0 aromatic heterocycles. The molecule has 0 radical (unpaired) electrons. The predicted octanol–water partition coefficient (Wildman–Crippen LogP) is 1.57. The number of para-hydroxylation sites is 1. The summed E-state index contributed by atoms with van der Waals surface area (Å²) in [6.45, 7) is 9.36. The quantitative estimate of drug-likeness (QED) is 0.893. The van der Waals surface area contributed by atoms with Crippen LogP contribution >= 0.6 is 0 Å². The average Bonchev–Trinajstić information content (AvgIpc) is 2.46. The molecule has 1 aromatic carbocycles.